The Morgan fingerprint density at radius 2 is 1.57 bits per heavy atom. The van der Waals surface area contributed by atoms with Crippen LogP contribution in [-0.4, -0.2) is 34.9 Å². The average Bonchev–Trinajstić information content (AvgIpc) is 2.67. The van der Waals surface area contributed by atoms with Gasteiger partial charge in [-0.05, 0) is 58.0 Å². The molecule has 0 saturated carbocycles. The molecule has 0 saturated heterocycles. The van der Waals surface area contributed by atoms with Crippen molar-refractivity contribution in [3.05, 3.63) is 69.3 Å². The second-order valence-corrected chi connectivity index (χ2v) is 7.48. The Labute approximate surface area is 173 Å². The van der Waals surface area contributed by atoms with Crippen molar-refractivity contribution in [2.75, 3.05) is 11.9 Å². The summed E-state index contributed by atoms with van der Waals surface area (Å²) in [5, 5.41) is 16.6. The standard InChI is InChI=1S/C21H23N3O6/c1-5-30-20(27)15-10-14(11-17(12-15)24(28)29)18(25)22-16-8-6-13(7-9-16)19(26)23-21(2,3)4/h6-12H,5H2,1-4H3,(H,22,25)(H,23,26). The highest BCUT2D eigenvalue weighted by Crippen LogP contribution is 2.20. The van der Waals surface area contributed by atoms with E-state index in [-0.39, 0.29) is 29.2 Å². The van der Waals surface area contributed by atoms with Gasteiger partial charge in [-0.3, -0.25) is 19.7 Å². The van der Waals surface area contributed by atoms with Crippen LogP contribution in [0.5, 0.6) is 0 Å². The highest BCUT2D eigenvalue weighted by molar-refractivity contribution is 6.06. The molecule has 0 bridgehead atoms. The number of non-ortho nitro benzene ring substituents is 1. The number of nitrogens with one attached hydrogen (secondary N) is 2. The average molecular weight is 413 g/mol. The predicted octanol–water partition coefficient (Wildman–Crippen LogP) is 3.55. The number of nitrogens with zero attached hydrogens (tertiary/aromatic N) is 1. The summed E-state index contributed by atoms with van der Waals surface area (Å²) in [5.74, 6) is -1.65. The maximum absolute atomic E-state index is 12.6. The summed E-state index contributed by atoms with van der Waals surface area (Å²) in [6.07, 6.45) is 0. The second-order valence-electron chi connectivity index (χ2n) is 7.48. The van der Waals surface area contributed by atoms with Gasteiger partial charge < -0.3 is 15.4 Å². The van der Waals surface area contributed by atoms with E-state index in [0.29, 0.717) is 11.3 Å². The molecule has 0 radical (unpaired) electrons. The molecule has 158 valence electrons. The molecule has 2 aromatic rings. The van der Waals surface area contributed by atoms with Crippen molar-refractivity contribution in [3.63, 3.8) is 0 Å². The SMILES string of the molecule is CCOC(=O)c1cc(C(=O)Nc2ccc(C(=O)NC(C)(C)C)cc2)cc([N+](=O)[O-])c1. The highest BCUT2D eigenvalue weighted by Gasteiger charge is 2.19. The number of rotatable bonds is 6. The molecular weight excluding hydrogens is 390 g/mol. The molecule has 2 amide bonds. The van der Waals surface area contributed by atoms with Crippen LogP contribution in [-0.2, 0) is 4.74 Å². The number of esters is 1. The maximum Gasteiger partial charge on any atom is 0.338 e. The molecule has 9 heteroatoms. The molecule has 0 atom stereocenters. The zero-order valence-electron chi connectivity index (χ0n) is 17.1. The van der Waals surface area contributed by atoms with Crippen molar-refractivity contribution in [3.8, 4) is 0 Å². The van der Waals surface area contributed by atoms with Crippen LogP contribution in [0, 0.1) is 10.1 Å². The summed E-state index contributed by atoms with van der Waals surface area (Å²) >= 11 is 0. The molecule has 0 aliphatic heterocycles. The number of nitro benzene ring substituents is 1. The van der Waals surface area contributed by atoms with E-state index >= 15 is 0 Å². The first-order valence-corrected chi connectivity index (χ1v) is 9.20. The van der Waals surface area contributed by atoms with Crippen LogP contribution >= 0.6 is 0 Å². The van der Waals surface area contributed by atoms with Gasteiger partial charge in [0.1, 0.15) is 0 Å². The van der Waals surface area contributed by atoms with E-state index in [1.807, 2.05) is 20.8 Å². The van der Waals surface area contributed by atoms with Gasteiger partial charge in [-0.25, -0.2) is 4.79 Å². The lowest BCUT2D eigenvalue weighted by Crippen LogP contribution is -2.40. The van der Waals surface area contributed by atoms with E-state index < -0.39 is 22.5 Å². The minimum Gasteiger partial charge on any atom is -0.462 e. The summed E-state index contributed by atoms with van der Waals surface area (Å²) in [5.41, 5.74) is -0.144. The third-order valence-electron chi connectivity index (χ3n) is 3.80. The summed E-state index contributed by atoms with van der Waals surface area (Å²) in [4.78, 5) is 47.1. The van der Waals surface area contributed by atoms with Gasteiger partial charge in [-0.2, -0.15) is 0 Å². The quantitative estimate of drug-likeness (QED) is 0.423. The van der Waals surface area contributed by atoms with Crippen LogP contribution in [0.15, 0.2) is 42.5 Å². The van der Waals surface area contributed by atoms with Crippen LogP contribution in [0.25, 0.3) is 0 Å². The minimum atomic E-state index is -0.760. The van der Waals surface area contributed by atoms with E-state index in [1.54, 1.807) is 31.2 Å². The summed E-state index contributed by atoms with van der Waals surface area (Å²) in [7, 11) is 0. The number of anilines is 1. The molecule has 9 nitrogen and oxygen atoms in total. The molecular formula is C21H23N3O6. The fraction of sp³-hybridized carbons (Fsp3) is 0.286. The van der Waals surface area contributed by atoms with Gasteiger partial charge in [-0.1, -0.05) is 0 Å². The molecule has 0 unspecified atom stereocenters. The number of benzene rings is 2. The number of carbonyl (C=O) groups is 3. The number of nitro groups is 1. The molecule has 0 aliphatic carbocycles. The van der Waals surface area contributed by atoms with Crippen LogP contribution in [0.1, 0.15) is 58.8 Å². The van der Waals surface area contributed by atoms with Crippen molar-refractivity contribution in [2.45, 2.75) is 33.2 Å². The minimum absolute atomic E-state index is 0.0678. The molecule has 2 N–H and O–H groups in total. The van der Waals surface area contributed by atoms with Crippen LogP contribution in [0.2, 0.25) is 0 Å². The van der Waals surface area contributed by atoms with Gasteiger partial charge in [0, 0.05) is 34.5 Å². The van der Waals surface area contributed by atoms with E-state index in [0.717, 1.165) is 12.1 Å². The van der Waals surface area contributed by atoms with Gasteiger partial charge in [0.25, 0.3) is 17.5 Å². The first-order valence-electron chi connectivity index (χ1n) is 9.20. The van der Waals surface area contributed by atoms with Crippen LogP contribution in [0.4, 0.5) is 11.4 Å². The Hall–Kier alpha value is -3.75. The number of ether oxygens (including phenoxy) is 1. The number of carbonyl (C=O) groups excluding carboxylic acids is 3. The molecule has 30 heavy (non-hydrogen) atoms. The maximum atomic E-state index is 12.6. The van der Waals surface area contributed by atoms with Gasteiger partial charge in [0.2, 0.25) is 0 Å². The van der Waals surface area contributed by atoms with Crippen molar-refractivity contribution in [1.82, 2.24) is 5.32 Å². The Kier molecular flexibility index (Phi) is 6.89. The Balaban J connectivity index is 2.22. The van der Waals surface area contributed by atoms with Crippen LogP contribution < -0.4 is 10.6 Å². The second kappa shape index (κ2) is 9.17. The molecule has 0 heterocycles. The topological polar surface area (TPSA) is 128 Å². The Morgan fingerprint density at radius 3 is 2.10 bits per heavy atom. The third-order valence-corrected chi connectivity index (χ3v) is 3.80. The van der Waals surface area contributed by atoms with E-state index in [9.17, 15) is 24.5 Å². The van der Waals surface area contributed by atoms with E-state index in [1.165, 1.54) is 6.07 Å². The first-order chi connectivity index (χ1) is 14.0. The molecule has 0 aromatic heterocycles. The van der Waals surface area contributed by atoms with Gasteiger partial charge in [-0.15, -0.1) is 0 Å². The Morgan fingerprint density at radius 1 is 0.967 bits per heavy atom. The van der Waals surface area contributed by atoms with Gasteiger partial charge >= 0.3 is 5.97 Å². The number of hydrogen-bond donors (Lipinski definition) is 2. The lowest BCUT2D eigenvalue weighted by Gasteiger charge is -2.20. The zero-order chi connectivity index (χ0) is 22.5. The van der Waals surface area contributed by atoms with Crippen molar-refractivity contribution >= 4 is 29.2 Å². The molecule has 0 spiro atoms. The zero-order valence-corrected chi connectivity index (χ0v) is 17.1. The van der Waals surface area contributed by atoms with E-state index in [4.69, 9.17) is 4.74 Å². The lowest BCUT2D eigenvalue weighted by atomic mass is 10.1. The summed E-state index contributed by atoms with van der Waals surface area (Å²) in [6.45, 7) is 7.29. The monoisotopic (exact) mass is 413 g/mol. The normalized spacial score (nSPS) is 10.8. The summed E-state index contributed by atoms with van der Waals surface area (Å²) < 4.78 is 4.85. The fourth-order valence-electron chi connectivity index (χ4n) is 2.50. The van der Waals surface area contributed by atoms with Crippen molar-refractivity contribution in [2.24, 2.45) is 0 Å². The summed E-state index contributed by atoms with van der Waals surface area (Å²) in [6, 6.07) is 9.53. The van der Waals surface area contributed by atoms with Gasteiger partial charge in [0.05, 0.1) is 17.1 Å². The van der Waals surface area contributed by atoms with Crippen molar-refractivity contribution < 1.29 is 24.0 Å². The first kappa shape index (κ1) is 22.5. The van der Waals surface area contributed by atoms with Gasteiger partial charge in [0.15, 0.2) is 0 Å². The molecule has 2 rings (SSSR count). The molecule has 2 aromatic carbocycles. The van der Waals surface area contributed by atoms with E-state index in [2.05, 4.69) is 10.6 Å². The Bertz CT molecular complexity index is 977. The smallest absolute Gasteiger partial charge is 0.338 e. The number of hydrogen-bond acceptors (Lipinski definition) is 6. The largest absolute Gasteiger partial charge is 0.462 e. The third kappa shape index (κ3) is 6.13. The highest BCUT2D eigenvalue weighted by atomic mass is 16.6. The van der Waals surface area contributed by atoms with Crippen molar-refractivity contribution in [1.29, 1.82) is 0 Å². The lowest BCUT2D eigenvalue weighted by molar-refractivity contribution is -0.384. The predicted molar refractivity (Wildman–Crippen MR) is 111 cm³/mol. The molecule has 0 fully saturated rings. The van der Waals surface area contributed by atoms with Crippen LogP contribution in [0.3, 0.4) is 0 Å². The fourth-order valence-corrected chi connectivity index (χ4v) is 2.50. The number of amides is 2. The molecule has 0 aliphatic rings.